The third-order valence-electron chi connectivity index (χ3n) is 4.19. The lowest BCUT2D eigenvalue weighted by atomic mass is 9.96. The zero-order valence-electron chi connectivity index (χ0n) is 12.9. The maximum absolute atomic E-state index is 12.4. The van der Waals surface area contributed by atoms with Crippen molar-refractivity contribution in [2.24, 2.45) is 0 Å². The van der Waals surface area contributed by atoms with Crippen molar-refractivity contribution in [2.45, 2.75) is 32.2 Å². The molecule has 0 radical (unpaired) electrons. The Balaban J connectivity index is 1.68. The Morgan fingerprint density at radius 3 is 2.73 bits per heavy atom. The number of likely N-dealkylation sites (tertiary alicyclic amines) is 1. The molecule has 1 aliphatic rings. The predicted molar refractivity (Wildman–Crippen MR) is 85.8 cm³/mol. The quantitative estimate of drug-likeness (QED) is 0.926. The second-order valence-corrected chi connectivity index (χ2v) is 5.88. The highest BCUT2D eigenvalue weighted by Gasteiger charge is 2.33. The van der Waals surface area contributed by atoms with Gasteiger partial charge in [0, 0.05) is 24.7 Å². The van der Waals surface area contributed by atoms with Gasteiger partial charge < -0.3 is 4.90 Å². The SMILES string of the molecule is Cc1ccc(C2CC(C)N(C(=O)Nc3cccnn3)C2)cc1. The van der Waals surface area contributed by atoms with E-state index in [2.05, 4.69) is 53.6 Å². The van der Waals surface area contributed by atoms with E-state index in [4.69, 9.17) is 0 Å². The van der Waals surface area contributed by atoms with Gasteiger partial charge >= 0.3 is 6.03 Å². The number of anilines is 1. The van der Waals surface area contributed by atoms with Crippen LogP contribution in [-0.4, -0.2) is 33.7 Å². The molecule has 114 valence electrons. The number of hydrogen-bond acceptors (Lipinski definition) is 3. The molecule has 5 heteroatoms. The van der Waals surface area contributed by atoms with Gasteiger partial charge in [-0.05, 0) is 38.0 Å². The van der Waals surface area contributed by atoms with Crippen LogP contribution in [0.25, 0.3) is 0 Å². The van der Waals surface area contributed by atoms with Crippen molar-refractivity contribution < 1.29 is 4.79 Å². The monoisotopic (exact) mass is 296 g/mol. The van der Waals surface area contributed by atoms with Gasteiger partial charge in [0.05, 0.1) is 0 Å². The lowest BCUT2D eigenvalue weighted by Crippen LogP contribution is -2.37. The van der Waals surface area contributed by atoms with Gasteiger partial charge in [0.2, 0.25) is 0 Å². The summed E-state index contributed by atoms with van der Waals surface area (Å²) in [6, 6.07) is 12.2. The molecule has 1 fully saturated rings. The first-order chi connectivity index (χ1) is 10.6. The highest BCUT2D eigenvalue weighted by Crippen LogP contribution is 2.32. The van der Waals surface area contributed by atoms with Crippen LogP contribution in [-0.2, 0) is 0 Å². The maximum atomic E-state index is 12.4. The number of aromatic nitrogens is 2. The number of benzene rings is 1. The standard InChI is InChI=1S/C17H20N4O/c1-12-5-7-14(8-6-12)15-10-13(2)21(11-15)17(22)19-16-4-3-9-18-20-16/h3-9,13,15H,10-11H2,1-2H3,(H,19,20,22). The smallest absolute Gasteiger partial charge is 0.321 e. The lowest BCUT2D eigenvalue weighted by molar-refractivity contribution is 0.209. The van der Waals surface area contributed by atoms with Crippen LogP contribution in [0, 0.1) is 6.92 Å². The Kier molecular flexibility index (Phi) is 4.04. The summed E-state index contributed by atoms with van der Waals surface area (Å²) in [6.45, 7) is 4.91. The van der Waals surface area contributed by atoms with E-state index in [-0.39, 0.29) is 12.1 Å². The van der Waals surface area contributed by atoms with Crippen LogP contribution < -0.4 is 5.32 Å². The first-order valence-electron chi connectivity index (χ1n) is 7.55. The predicted octanol–water partition coefficient (Wildman–Crippen LogP) is 3.19. The second kappa shape index (κ2) is 6.13. The van der Waals surface area contributed by atoms with Gasteiger partial charge in [0.25, 0.3) is 0 Å². The molecule has 1 aromatic heterocycles. The van der Waals surface area contributed by atoms with E-state index < -0.39 is 0 Å². The van der Waals surface area contributed by atoms with Gasteiger partial charge in [0.15, 0.2) is 5.82 Å². The first-order valence-corrected chi connectivity index (χ1v) is 7.55. The van der Waals surface area contributed by atoms with Crippen LogP contribution >= 0.6 is 0 Å². The third-order valence-corrected chi connectivity index (χ3v) is 4.19. The van der Waals surface area contributed by atoms with Gasteiger partial charge in [-0.1, -0.05) is 29.8 Å². The average Bonchev–Trinajstić information content (AvgIpc) is 2.91. The molecule has 5 nitrogen and oxygen atoms in total. The Labute approximate surface area is 130 Å². The number of aryl methyl sites for hydroxylation is 1. The van der Waals surface area contributed by atoms with Crippen molar-refractivity contribution in [3.05, 3.63) is 53.7 Å². The number of nitrogens with zero attached hydrogens (tertiary/aromatic N) is 3. The summed E-state index contributed by atoms with van der Waals surface area (Å²) in [5.41, 5.74) is 2.55. The Hall–Kier alpha value is -2.43. The van der Waals surface area contributed by atoms with Gasteiger partial charge in [-0.2, -0.15) is 5.10 Å². The molecular weight excluding hydrogens is 276 g/mol. The molecule has 1 aromatic carbocycles. The van der Waals surface area contributed by atoms with Gasteiger partial charge in [-0.25, -0.2) is 4.79 Å². The summed E-state index contributed by atoms with van der Waals surface area (Å²) in [6.07, 6.45) is 2.57. The van der Waals surface area contributed by atoms with Crippen molar-refractivity contribution in [1.29, 1.82) is 0 Å². The number of amides is 2. The number of carbonyl (C=O) groups excluding carboxylic acids is 1. The topological polar surface area (TPSA) is 58.1 Å². The zero-order valence-corrected chi connectivity index (χ0v) is 12.9. The molecule has 0 bridgehead atoms. The molecule has 2 atom stereocenters. The molecule has 2 unspecified atom stereocenters. The molecular formula is C17H20N4O. The zero-order chi connectivity index (χ0) is 15.5. The van der Waals surface area contributed by atoms with Crippen LogP contribution in [0.2, 0.25) is 0 Å². The number of hydrogen-bond donors (Lipinski definition) is 1. The minimum absolute atomic E-state index is 0.109. The van der Waals surface area contributed by atoms with Crippen molar-refractivity contribution in [3.63, 3.8) is 0 Å². The minimum atomic E-state index is -0.109. The largest absolute Gasteiger partial charge is 0.323 e. The van der Waals surface area contributed by atoms with Crippen molar-refractivity contribution in [1.82, 2.24) is 15.1 Å². The Morgan fingerprint density at radius 2 is 2.05 bits per heavy atom. The average molecular weight is 296 g/mol. The van der Waals surface area contributed by atoms with Crippen LogP contribution in [0.15, 0.2) is 42.6 Å². The summed E-state index contributed by atoms with van der Waals surface area (Å²) in [4.78, 5) is 14.3. The fraction of sp³-hybridized carbons (Fsp3) is 0.353. The van der Waals surface area contributed by atoms with Gasteiger partial charge in [-0.3, -0.25) is 5.32 Å². The molecule has 2 amide bonds. The van der Waals surface area contributed by atoms with Crippen molar-refractivity contribution in [2.75, 3.05) is 11.9 Å². The third kappa shape index (κ3) is 3.08. The summed E-state index contributed by atoms with van der Waals surface area (Å²) >= 11 is 0. The molecule has 2 aromatic rings. The van der Waals surface area contributed by atoms with Crippen LogP contribution in [0.5, 0.6) is 0 Å². The summed E-state index contributed by atoms with van der Waals surface area (Å²) in [5.74, 6) is 0.877. The minimum Gasteiger partial charge on any atom is -0.321 e. The second-order valence-electron chi connectivity index (χ2n) is 5.88. The Morgan fingerprint density at radius 1 is 1.27 bits per heavy atom. The fourth-order valence-corrected chi connectivity index (χ4v) is 2.94. The lowest BCUT2D eigenvalue weighted by Gasteiger charge is -2.21. The van der Waals surface area contributed by atoms with Gasteiger partial charge in [-0.15, -0.1) is 5.10 Å². The molecule has 2 heterocycles. The normalized spacial score (nSPS) is 20.9. The van der Waals surface area contributed by atoms with E-state index in [1.165, 1.54) is 11.1 Å². The highest BCUT2D eigenvalue weighted by molar-refractivity contribution is 5.88. The molecule has 22 heavy (non-hydrogen) atoms. The molecule has 0 aliphatic carbocycles. The van der Waals surface area contributed by atoms with Gasteiger partial charge in [0.1, 0.15) is 0 Å². The van der Waals surface area contributed by atoms with Crippen molar-refractivity contribution >= 4 is 11.8 Å². The van der Waals surface area contributed by atoms with Crippen molar-refractivity contribution in [3.8, 4) is 0 Å². The molecule has 3 rings (SSSR count). The van der Waals surface area contributed by atoms with E-state index >= 15 is 0 Å². The van der Waals surface area contributed by atoms with E-state index in [1.54, 1.807) is 18.3 Å². The number of rotatable bonds is 2. The highest BCUT2D eigenvalue weighted by atomic mass is 16.2. The number of nitrogens with one attached hydrogen (secondary N) is 1. The fourth-order valence-electron chi connectivity index (χ4n) is 2.94. The molecule has 1 saturated heterocycles. The summed E-state index contributed by atoms with van der Waals surface area (Å²) in [5, 5.41) is 10.5. The van der Waals surface area contributed by atoms with E-state index in [0.29, 0.717) is 11.7 Å². The molecule has 1 aliphatic heterocycles. The van der Waals surface area contributed by atoms with Crippen LogP contribution in [0.4, 0.5) is 10.6 Å². The number of urea groups is 1. The summed E-state index contributed by atoms with van der Waals surface area (Å²) < 4.78 is 0. The maximum Gasteiger partial charge on any atom is 0.323 e. The number of carbonyl (C=O) groups is 1. The first kappa shape index (κ1) is 14.5. The van der Waals surface area contributed by atoms with Crippen LogP contribution in [0.1, 0.15) is 30.4 Å². The molecule has 0 saturated carbocycles. The molecule has 1 N–H and O–H groups in total. The van der Waals surface area contributed by atoms with Crippen LogP contribution in [0.3, 0.4) is 0 Å². The Bertz CT molecular complexity index is 641. The van der Waals surface area contributed by atoms with E-state index in [1.807, 2.05) is 4.90 Å². The van der Waals surface area contributed by atoms with E-state index in [9.17, 15) is 4.79 Å². The summed E-state index contributed by atoms with van der Waals surface area (Å²) in [7, 11) is 0. The molecule has 0 spiro atoms. The van der Waals surface area contributed by atoms with E-state index in [0.717, 1.165) is 13.0 Å².